The van der Waals surface area contributed by atoms with Gasteiger partial charge in [-0.3, -0.25) is 4.39 Å². The van der Waals surface area contributed by atoms with Crippen molar-refractivity contribution in [2.24, 2.45) is 29.1 Å². The molecule has 0 aromatic carbocycles. The van der Waals surface area contributed by atoms with Crippen LogP contribution in [0.1, 0.15) is 20.3 Å². The molecule has 0 amide bonds. The fraction of sp³-hybridized carbons (Fsp3) is 0.778. The van der Waals surface area contributed by atoms with Crippen LogP contribution in [0.5, 0.6) is 0 Å². The van der Waals surface area contributed by atoms with Crippen LogP contribution in [0.25, 0.3) is 0 Å². The number of nitrogens with zero attached hydrogens (tertiary/aromatic N) is 4. The summed E-state index contributed by atoms with van der Waals surface area (Å²) in [5.41, 5.74) is -5.80. The van der Waals surface area contributed by atoms with Gasteiger partial charge in [-0.15, -0.1) is 0 Å². The molecule has 0 aliphatic heterocycles. The average Bonchev–Trinajstić information content (AvgIpc) is 2.67. The number of hydrogen-bond acceptors (Lipinski definition) is 4. The first-order valence-corrected chi connectivity index (χ1v) is 8.37. The van der Waals surface area contributed by atoms with Gasteiger partial charge in [0, 0.05) is 17.8 Å². The number of halogens is 6. The molecule has 0 spiro atoms. The minimum absolute atomic E-state index is 0.585. The van der Waals surface area contributed by atoms with E-state index in [1.165, 1.54) is 24.3 Å². The van der Waals surface area contributed by atoms with Crippen molar-refractivity contribution in [2.45, 2.75) is 50.6 Å². The maximum absolute atomic E-state index is 15.6. The number of alkyl halides is 6. The molecule has 1 rings (SSSR count). The molecule has 0 bridgehead atoms. The van der Waals surface area contributed by atoms with E-state index in [0.29, 0.717) is 6.92 Å². The molecule has 8 unspecified atom stereocenters. The maximum atomic E-state index is 15.6. The largest absolute Gasteiger partial charge is 0.250 e. The minimum Gasteiger partial charge on any atom is -0.250 e. The maximum Gasteiger partial charge on any atom is 0.142 e. The molecule has 10 heteroatoms. The molecule has 0 radical (unpaired) electrons. The van der Waals surface area contributed by atoms with E-state index >= 15 is 4.39 Å². The lowest BCUT2D eigenvalue weighted by Gasteiger charge is -2.55. The second kappa shape index (κ2) is 8.70. The predicted octanol–water partition coefficient (Wildman–Crippen LogP) is 4.01. The highest BCUT2D eigenvalue weighted by Crippen LogP contribution is 2.58. The molecule has 0 aromatic heterocycles. The Morgan fingerprint density at radius 1 is 0.964 bits per heavy atom. The Bertz CT molecular complexity index is 704. The van der Waals surface area contributed by atoms with Crippen LogP contribution in [0.15, 0.2) is 0 Å². The van der Waals surface area contributed by atoms with Crippen molar-refractivity contribution < 1.29 is 26.3 Å². The summed E-state index contributed by atoms with van der Waals surface area (Å²) in [6.07, 6.45) is -12.2. The normalized spacial score (nSPS) is 37.4. The van der Waals surface area contributed by atoms with E-state index in [2.05, 4.69) is 0 Å². The van der Waals surface area contributed by atoms with Crippen LogP contribution in [0.2, 0.25) is 0 Å². The molecule has 0 N–H and O–H groups in total. The lowest BCUT2D eigenvalue weighted by molar-refractivity contribution is -0.199. The molecule has 152 valence electrons. The number of nitriles is 4. The highest BCUT2D eigenvalue weighted by atomic mass is 19.2. The minimum atomic E-state index is -3.17. The van der Waals surface area contributed by atoms with Crippen LogP contribution in [-0.2, 0) is 0 Å². The van der Waals surface area contributed by atoms with Crippen molar-refractivity contribution in [3.63, 3.8) is 0 Å². The molecule has 0 aromatic rings. The molecule has 1 aliphatic rings. The first-order valence-electron chi connectivity index (χ1n) is 8.37. The predicted molar refractivity (Wildman–Crippen MR) is 84.2 cm³/mol. The second-order valence-electron chi connectivity index (χ2n) is 7.38. The average molecular weight is 404 g/mol. The van der Waals surface area contributed by atoms with Gasteiger partial charge < -0.3 is 0 Å². The Labute approximate surface area is 159 Å². The van der Waals surface area contributed by atoms with E-state index in [-0.39, 0.29) is 0 Å². The van der Waals surface area contributed by atoms with Crippen molar-refractivity contribution in [3.05, 3.63) is 0 Å². The van der Waals surface area contributed by atoms with Crippen molar-refractivity contribution in [2.75, 3.05) is 6.67 Å². The van der Waals surface area contributed by atoms with Gasteiger partial charge in [0.15, 0.2) is 0 Å². The molecular weight excluding hydrogens is 386 g/mol. The Morgan fingerprint density at radius 3 is 1.86 bits per heavy atom. The third kappa shape index (κ3) is 3.74. The van der Waals surface area contributed by atoms with E-state index in [4.69, 9.17) is 21.0 Å². The fourth-order valence-electron chi connectivity index (χ4n) is 4.11. The quantitative estimate of drug-likeness (QED) is 0.625. The molecule has 0 saturated heterocycles. The first kappa shape index (κ1) is 23.6. The topological polar surface area (TPSA) is 95.2 Å². The summed E-state index contributed by atoms with van der Waals surface area (Å²) in [6, 6.07) is 5.42. The fourth-order valence-corrected chi connectivity index (χ4v) is 4.11. The lowest BCUT2D eigenvalue weighted by Crippen LogP contribution is -2.67. The van der Waals surface area contributed by atoms with Crippen LogP contribution in [-0.4, -0.2) is 37.0 Å². The third-order valence-electron chi connectivity index (χ3n) is 5.58. The van der Waals surface area contributed by atoms with Crippen LogP contribution < -0.4 is 0 Å². The molecule has 1 saturated carbocycles. The van der Waals surface area contributed by atoms with Gasteiger partial charge in [0.25, 0.3) is 0 Å². The van der Waals surface area contributed by atoms with E-state index in [9.17, 15) is 22.0 Å². The molecule has 4 nitrogen and oxygen atoms in total. The van der Waals surface area contributed by atoms with E-state index in [1.54, 1.807) is 0 Å². The summed E-state index contributed by atoms with van der Waals surface area (Å²) in [5, 5.41) is 35.3. The summed E-state index contributed by atoms with van der Waals surface area (Å²) in [7, 11) is 0. The van der Waals surface area contributed by atoms with Crippen molar-refractivity contribution in [1.29, 1.82) is 21.0 Å². The molecular formula is C18H18F6N4. The summed E-state index contributed by atoms with van der Waals surface area (Å²) >= 11 is 0. The zero-order valence-corrected chi connectivity index (χ0v) is 15.1. The monoisotopic (exact) mass is 404 g/mol. The molecule has 1 aliphatic carbocycles. The van der Waals surface area contributed by atoms with Gasteiger partial charge in [-0.05, 0) is 6.92 Å². The zero-order chi connectivity index (χ0) is 21.9. The summed E-state index contributed by atoms with van der Waals surface area (Å²) < 4.78 is 88.1. The van der Waals surface area contributed by atoms with Crippen molar-refractivity contribution in [1.82, 2.24) is 0 Å². The highest BCUT2D eigenvalue weighted by molar-refractivity contribution is 5.20. The van der Waals surface area contributed by atoms with E-state index in [1.807, 2.05) is 0 Å². The SMILES string of the molecule is CC1(F)C(C(C#N)C#N)C(F)C(F)C(C)(CF)C1C(F)C(F)CC(C#N)C#N. The standard InChI is InChI=1S/C18H18F6N4/c1-17(8-19)15(13(21)11(20)3-9(4-25)5-26)18(2,24)12(10(6-27)7-28)14(22)16(17)23/h9-16H,3,8H2,1-2H3. The smallest absolute Gasteiger partial charge is 0.142 e. The van der Waals surface area contributed by atoms with Gasteiger partial charge in [0.2, 0.25) is 0 Å². The van der Waals surface area contributed by atoms with E-state index < -0.39 is 72.5 Å². The Hall–Kier alpha value is -2.46. The Balaban J connectivity index is 3.49. The Morgan fingerprint density at radius 2 is 1.46 bits per heavy atom. The molecule has 1 fully saturated rings. The third-order valence-corrected chi connectivity index (χ3v) is 5.58. The zero-order valence-electron chi connectivity index (χ0n) is 15.1. The molecule has 28 heavy (non-hydrogen) atoms. The molecule has 8 atom stereocenters. The van der Waals surface area contributed by atoms with Crippen molar-refractivity contribution >= 4 is 0 Å². The van der Waals surface area contributed by atoms with Gasteiger partial charge in [-0.25, -0.2) is 22.0 Å². The van der Waals surface area contributed by atoms with Crippen LogP contribution >= 0.6 is 0 Å². The van der Waals surface area contributed by atoms with Crippen LogP contribution in [0.4, 0.5) is 26.3 Å². The van der Waals surface area contributed by atoms with Gasteiger partial charge >= 0.3 is 0 Å². The van der Waals surface area contributed by atoms with Crippen LogP contribution in [0.3, 0.4) is 0 Å². The Kier molecular flexibility index (Phi) is 7.32. The van der Waals surface area contributed by atoms with Gasteiger partial charge in [0.05, 0.1) is 36.9 Å². The van der Waals surface area contributed by atoms with E-state index in [0.717, 1.165) is 6.92 Å². The molecule has 0 heterocycles. The number of rotatable bonds is 6. The summed E-state index contributed by atoms with van der Waals surface area (Å²) in [5.74, 6) is -8.30. The first-order chi connectivity index (χ1) is 13.0. The van der Waals surface area contributed by atoms with Crippen molar-refractivity contribution in [3.8, 4) is 24.3 Å². The van der Waals surface area contributed by atoms with Crippen LogP contribution in [0, 0.1) is 74.4 Å². The van der Waals surface area contributed by atoms with Gasteiger partial charge in [-0.2, -0.15) is 21.0 Å². The van der Waals surface area contributed by atoms with Gasteiger partial charge in [-0.1, -0.05) is 6.92 Å². The lowest BCUT2D eigenvalue weighted by atomic mass is 9.53. The number of hydrogen-bond donors (Lipinski definition) is 0. The summed E-state index contributed by atoms with van der Waals surface area (Å²) in [4.78, 5) is 0. The second-order valence-corrected chi connectivity index (χ2v) is 7.38. The summed E-state index contributed by atoms with van der Waals surface area (Å²) in [6.45, 7) is -0.424. The van der Waals surface area contributed by atoms with Gasteiger partial charge in [0.1, 0.15) is 42.2 Å². The highest BCUT2D eigenvalue weighted by Gasteiger charge is 2.69.